The molecule has 1 aromatic rings. The lowest BCUT2D eigenvalue weighted by molar-refractivity contribution is 0.521. The van der Waals surface area contributed by atoms with Crippen molar-refractivity contribution in [3.8, 4) is 0 Å². The maximum atomic E-state index is 13.6. The van der Waals surface area contributed by atoms with Gasteiger partial charge >= 0.3 is 0 Å². The van der Waals surface area contributed by atoms with Crippen molar-refractivity contribution >= 4 is 11.6 Å². The Morgan fingerprint density at radius 3 is 2.53 bits per heavy atom. The molecule has 0 aliphatic heterocycles. The molecule has 0 radical (unpaired) electrons. The Morgan fingerprint density at radius 2 is 1.84 bits per heavy atom. The molecule has 0 saturated heterocycles. The van der Waals surface area contributed by atoms with Gasteiger partial charge in [0.05, 0.1) is 0 Å². The molecule has 0 aliphatic rings. The van der Waals surface area contributed by atoms with Crippen molar-refractivity contribution < 1.29 is 4.39 Å². The molecule has 1 rings (SSSR count). The van der Waals surface area contributed by atoms with E-state index in [0.29, 0.717) is 17.0 Å². The van der Waals surface area contributed by atoms with Crippen LogP contribution in [0.15, 0.2) is 18.2 Å². The lowest BCUT2D eigenvalue weighted by atomic mass is 10.00. The lowest BCUT2D eigenvalue weighted by Gasteiger charge is -2.12. The molecule has 0 saturated carbocycles. The Labute approximate surface area is 121 Å². The van der Waals surface area contributed by atoms with Crippen molar-refractivity contribution in [3.63, 3.8) is 0 Å². The van der Waals surface area contributed by atoms with Crippen molar-refractivity contribution in [1.82, 2.24) is 0 Å². The standard InChI is InChI=1S/C16H25ClFN/c1-2-3-4-5-6-7-8-15(19)11-13-9-10-14(17)12-16(13)18/h9-10,12,15H,2-8,11,19H2,1H3. The average molecular weight is 286 g/mol. The third kappa shape index (κ3) is 6.93. The topological polar surface area (TPSA) is 26.0 Å². The number of hydrogen-bond donors (Lipinski definition) is 1. The number of halogens is 2. The predicted octanol–water partition coefficient (Wildman–Crippen LogP) is 5.10. The first-order valence-corrected chi connectivity index (χ1v) is 7.70. The third-order valence-corrected chi connectivity index (χ3v) is 3.66. The van der Waals surface area contributed by atoms with Crippen molar-refractivity contribution in [2.45, 2.75) is 64.3 Å². The highest BCUT2D eigenvalue weighted by atomic mass is 35.5. The molecule has 0 bridgehead atoms. The van der Waals surface area contributed by atoms with E-state index in [9.17, 15) is 4.39 Å². The minimum absolute atomic E-state index is 0.0434. The maximum absolute atomic E-state index is 13.6. The number of rotatable bonds is 9. The molecule has 1 unspecified atom stereocenters. The molecule has 0 amide bonds. The van der Waals surface area contributed by atoms with Crippen molar-refractivity contribution in [3.05, 3.63) is 34.6 Å². The summed E-state index contributed by atoms with van der Waals surface area (Å²) in [6.45, 7) is 2.22. The molecule has 1 nitrogen and oxygen atoms in total. The smallest absolute Gasteiger partial charge is 0.127 e. The van der Waals surface area contributed by atoms with Gasteiger partial charge in [-0.05, 0) is 30.5 Å². The van der Waals surface area contributed by atoms with E-state index in [-0.39, 0.29) is 11.9 Å². The molecule has 19 heavy (non-hydrogen) atoms. The van der Waals surface area contributed by atoms with Crippen LogP contribution in [0.1, 0.15) is 57.4 Å². The molecule has 0 aliphatic carbocycles. The third-order valence-electron chi connectivity index (χ3n) is 3.43. The van der Waals surface area contributed by atoms with Crippen LogP contribution in [0.2, 0.25) is 5.02 Å². The number of hydrogen-bond acceptors (Lipinski definition) is 1. The summed E-state index contributed by atoms with van der Waals surface area (Å²) >= 11 is 5.73. The zero-order valence-corrected chi connectivity index (χ0v) is 12.6. The molecule has 3 heteroatoms. The SMILES string of the molecule is CCCCCCCCC(N)Cc1ccc(Cl)cc1F. The highest BCUT2D eigenvalue weighted by Crippen LogP contribution is 2.17. The average Bonchev–Trinajstić information content (AvgIpc) is 2.37. The summed E-state index contributed by atoms with van der Waals surface area (Å²) < 4.78 is 13.6. The summed E-state index contributed by atoms with van der Waals surface area (Å²) in [7, 11) is 0. The normalized spacial score (nSPS) is 12.6. The molecule has 0 aromatic heterocycles. The first-order valence-electron chi connectivity index (χ1n) is 7.33. The fraction of sp³-hybridized carbons (Fsp3) is 0.625. The van der Waals surface area contributed by atoms with Gasteiger partial charge in [-0.2, -0.15) is 0 Å². The van der Waals surface area contributed by atoms with Gasteiger partial charge in [-0.1, -0.05) is 63.1 Å². The Kier molecular flexibility index (Phi) is 8.08. The van der Waals surface area contributed by atoms with E-state index in [2.05, 4.69) is 6.92 Å². The van der Waals surface area contributed by atoms with E-state index in [1.165, 1.54) is 38.2 Å². The summed E-state index contributed by atoms with van der Waals surface area (Å²) in [5.41, 5.74) is 6.72. The molecule has 1 atom stereocenters. The fourth-order valence-electron chi connectivity index (χ4n) is 2.26. The summed E-state index contributed by atoms with van der Waals surface area (Å²) in [4.78, 5) is 0. The second-order valence-electron chi connectivity index (χ2n) is 5.26. The van der Waals surface area contributed by atoms with Gasteiger partial charge in [0.15, 0.2) is 0 Å². The van der Waals surface area contributed by atoms with Gasteiger partial charge in [0.2, 0.25) is 0 Å². The number of benzene rings is 1. The number of nitrogens with two attached hydrogens (primary N) is 1. The monoisotopic (exact) mass is 285 g/mol. The van der Waals surface area contributed by atoms with Gasteiger partial charge < -0.3 is 5.73 Å². The van der Waals surface area contributed by atoms with Crippen LogP contribution < -0.4 is 5.73 Å². The molecular weight excluding hydrogens is 261 g/mol. The molecule has 0 spiro atoms. The predicted molar refractivity (Wildman–Crippen MR) is 81.1 cm³/mol. The summed E-state index contributed by atoms with van der Waals surface area (Å²) in [6.07, 6.45) is 9.13. The fourth-order valence-corrected chi connectivity index (χ4v) is 2.42. The molecule has 0 heterocycles. The van der Waals surface area contributed by atoms with Crippen LogP contribution in [0, 0.1) is 5.82 Å². The van der Waals surface area contributed by atoms with Gasteiger partial charge in [-0.15, -0.1) is 0 Å². The highest BCUT2D eigenvalue weighted by Gasteiger charge is 2.08. The molecular formula is C16H25ClFN. The Morgan fingerprint density at radius 1 is 1.16 bits per heavy atom. The van der Waals surface area contributed by atoms with E-state index in [1.54, 1.807) is 12.1 Å². The number of unbranched alkanes of at least 4 members (excludes halogenated alkanes) is 5. The van der Waals surface area contributed by atoms with Crippen LogP contribution in [-0.4, -0.2) is 6.04 Å². The highest BCUT2D eigenvalue weighted by molar-refractivity contribution is 6.30. The first kappa shape index (κ1) is 16.5. The van der Waals surface area contributed by atoms with Crippen LogP contribution >= 0.6 is 11.6 Å². The zero-order valence-electron chi connectivity index (χ0n) is 11.8. The van der Waals surface area contributed by atoms with Crippen molar-refractivity contribution in [1.29, 1.82) is 0 Å². The summed E-state index contributed by atoms with van der Waals surface area (Å²) in [6, 6.07) is 4.85. The van der Waals surface area contributed by atoms with Gasteiger partial charge in [-0.3, -0.25) is 0 Å². The van der Waals surface area contributed by atoms with Crippen LogP contribution in [0.5, 0.6) is 0 Å². The van der Waals surface area contributed by atoms with E-state index in [0.717, 1.165) is 12.8 Å². The van der Waals surface area contributed by atoms with Crippen molar-refractivity contribution in [2.24, 2.45) is 5.73 Å². The van der Waals surface area contributed by atoms with Gasteiger partial charge in [0.25, 0.3) is 0 Å². The van der Waals surface area contributed by atoms with Gasteiger partial charge in [0, 0.05) is 11.1 Å². The van der Waals surface area contributed by atoms with E-state index in [1.807, 2.05) is 0 Å². The Bertz CT molecular complexity index is 368. The van der Waals surface area contributed by atoms with Crippen LogP contribution in [0.4, 0.5) is 4.39 Å². The largest absolute Gasteiger partial charge is 0.327 e. The summed E-state index contributed by atoms with van der Waals surface area (Å²) in [5, 5.41) is 0.436. The molecule has 1 aromatic carbocycles. The summed E-state index contributed by atoms with van der Waals surface area (Å²) in [5.74, 6) is -0.245. The molecule has 0 fully saturated rings. The second-order valence-corrected chi connectivity index (χ2v) is 5.69. The van der Waals surface area contributed by atoms with Crippen LogP contribution in [0.3, 0.4) is 0 Å². The second kappa shape index (κ2) is 9.33. The van der Waals surface area contributed by atoms with Gasteiger partial charge in [-0.25, -0.2) is 4.39 Å². The first-order chi connectivity index (χ1) is 9.13. The van der Waals surface area contributed by atoms with Crippen LogP contribution in [-0.2, 0) is 6.42 Å². The lowest BCUT2D eigenvalue weighted by Crippen LogP contribution is -2.23. The Balaban J connectivity index is 2.21. The van der Waals surface area contributed by atoms with Crippen molar-refractivity contribution in [2.75, 3.05) is 0 Å². The van der Waals surface area contributed by atoms with Crippen LogP contribution in [0.25, 0.3) is 0 Å². The quantitative estimate of drug-likeness (QED) is 0.628. The van der Waals surface area contributed by atoms with E-state index in [4.69, 9.17) is 17.3 Å². The van der Waals surface area contributed by atoms with Gasteiger partial charge in [0.1, 0.15) is 5.82 Å². The molecule has 2 N–H and O–H groups in total. The van der Waals surface area contributed by atoms with E-state index >= 15 is 0 Å². The minimum atomic E-state index is -0.245. The molecule has 108 valence electrons. The Hall–Kier alpha value is -0.600. The zero-order chi connectivity index (χ0) is 14.1. The maximum Gasteiger partial charge on any atom is 0.127 e. The van der Waals surface area contributed by atoms with E-state index < -0.39 is 0 Å². The minimum Gasteiger partial charge on any atom is -0.327 e.